The van der Waals surface area contributed by atoms with Gasteiger partial charge in [0.2, 0.25) is 0 Å². The first-order valence-electron chi connectivity index (χ1n) is 5.93. The van der Waals surface area contributed by atoms with Gasteiger partial charge in [-0.2, -0.15) is 0 Å². The molecule has 2 aliphatic rings. The molecule has 0 unspecified atom stereocenters. The van der Waals surface area contributed by atoms with Crippen LogP contribution in [0.2, 0.25) is 0 Å². The van der Waals surface area contributed by atoms with Crippen molar-refractivity contribution in [3.05, 3.63) is 104 Å². The van der Waals surface area contributed by atoms with E-state index in [1.807, 2.05) is 57.8 Å². The summed E-state index contributed by atoms with van der Waals surface area (Å²) in [5.41, 5.74) is 0. The molecule has 27 heavy (non-hydrogen) atoms. The fourth-order valence-corrected chi connectivity index (χ4v) is 0.999. The SMILES string of the molecule is OCCN[C][C]1[CH][CH][CH][CH]1.[C-]#[O+].[C-]#[O+].[C-]#[O+].[C-]#[O+].[C-]#[O+].[CH]1[CH][CH][CH][CH]1.[Cr].[Fe+2]. The number of aliphatic hydroxyl groups is 1. The zero-order chi connectivity index (χ0) is 20.8. The van der Waals surface area contributed by atoms with Crippen LogP contribution in [0.4, 0.5) is 0 Å². The van der Waals surface area contributed by atoms with Crippen LogP contribution in [0.5, 0.6) is 0 Å². The molecule has 0 heterocycles. The minimum Gasteiger partial charge on any atom is -0.0312 e. The second kappa shape index (κ2) is 63.6. The molecule has 0 aromatic rings. The molecule has 2 saturated carbocycles. The first kappa shape index (κ1) is 45.4. The molecule has 12 radical (unpaired) electrons. The molecule has 0 saturated heterocycles. The second-order valence-electron chi connectivity index (χ2n) is 2.91. The zero-order valence-electron chi connectivity index (χ0n) is 13.9. The van der Waals surface area contributed by atoms with Crippen LogP contribution in [0.3, 0.4) is 0 Å². The molecule has 2 rings (SSSR count). The van der Waals surface area contributed by atoms with Gasteiger partial charge >= 0.3 is 73.6 Å². The van der Waals surface area contributed by atoms with Crippen molar-refractivity contribution >= 4 is 0 Å². The van der Waals surface area contributed by atoms with Crippen molar-refractivity contribution in [2.75, 3.05) is 13.2 Å². The van der Waals surface area contributed by atoms with Crippen LogP contribution in [-0.4, -0.2) is 18.3 Å². The normalized spacial score (nSPS) is 12.3. The Kier molecular flexibility index (Phi) is 107. The summed E-state index contributed by atoms with van der Waals surface area (Å²) in [6.07, 6.45) is 17.8. The van der Waals surface area contributed by atoms with E-state index in [2.05, 4.69) is 45.1 Å². The van der Waals surface area contributed by atoms with E-state index in [0.29, 0.717) is 6.54 Å². The molecule has 2 aliphatic carbocycles. The standard InChI is InChI=1S/C8H10NO.C5H5.5CO.Cr.Fe/c10-6-5-9-7-8-3-1-2-4-8;1-2-4-5-3-1;5*1-2;;/h1-4,9-10H,5-6H2;1-5H;;;;;;;/q;;;;;;;;+2. The van der Waals surface area contributed by atoms with Gasteiger partial charge in [0.05, 0.1) is 13.2 Å². The Hall–Kier alpha value is -0.328. The van der Waals surface area contributed by atoms with Crippen LogP contribution in [-0.2, 0) is 57.7 Å². The summed E-state index contributed by atoms with van der Waals surface area (Å²) >= 11 is 0. The summed E-state index contributed by atoms with van der Waals surface area (Å²) in [6, 6.07) is 0. The first-order valence-corrected chi connectivity index (χ1v) is 5.93. The van der Waals surface area contributed by atoms with E-state index in [-0.39, 0.29) is 41.0 Å². The first-order chi connectivity index (χ1) is 12.4. The van der Waals surface area contributed by atoms with Crippen LogP contribution >= 0.6 is 0 Å². The van der Waals surface area contributed by atoms with Crippen LogP contribution < -0.4 is 5.32 Å². The van der Waals surface area contributed by atoms with Crippen LogP contribution in [0.1, 0.15) is 0 Å². The summed E-state index contributed by atoms with van der Waals surface area (Å²) in [4.78, 5) is 0. The minimum absolute atomic E-state index is 0. The molecule has 0 aromatic heterocycles. The predicted octanol–water partition coefficient (Wildman–Crippen LogP) is 0.841. The third-order valence-corrected chi connectivity index (χ3v) is 1.69. The molecular formula is C18H15CrFeNO6+2. The predicted molar refractivity (Wildman–Crippen MR) is 79.9 cm³/mol. The van der Waals surface area contributed by atoms with Crippen molar-refractivity contribution < 1.29 is 62.8 Å². The van der Waals surface area contributed by atoms with E-state index >= 15 is 0 Å². The third kappa shape index (κ3) is 51.8. The number of rotatable bonds is 4. The smallest absolute Gasteiger partial charge is 0.0312 e. The molecule has 7 nitrogen and oxygen atoms in total. The van der Waals surface area contributed by atoms with Gasteiger partial charge in [0.15, 0.2) is 0 Å². The molecule has 0 spiro atoms. The van der Waals surface area contributed by atoms with E-state index < -0.39 is 0 Å². The van der Waals surface area contributed by atoms with E-state index in [9.17, 15) is 0 Å². The number of hydrogen-bond acceptors (Lipinski definition) is 2. The van der Waals surface area contributed by atoms with E-state index in [1.54, 1.807) is 0 Å². The van der Waals surface area contributed by atoms with Crippen LogP contribution in [0.25, 0.3) is 0 Å². The molecule has 0 bridgehead atoms. The van der Waals surface area contributed by atoms with Crippen molar-refractivity contribution in [3.63, 3.8) is 0 Å². The van der Waals surface area contributed by atoms with E-state index in [1.165, 1.54) is 0 Å². The Balaban J connectivity index is -0.0000000406. The van der Waals surface area contributed by atoms with E-state index in [4.69, 9.17) is 28.4 Å². The monoisotopic (exact) mass is 449 g/mol. The van der Waals surface area contributed by atoms with Gasteiger partial charge < -0.3 is 10.4 Å². The molecule has 0 atom stereocenters. The Morgan fingerprint density at radius 3 is 1.26 bits per heavy atom. The van der Waals surface area contributed by atoms with Crippen LogP contribution in [0, 0.1) is 104 Å². The van der Waals surface area contributed by atoms with Crippen molar-refractivity contribution in [2.24, 2.45) is 0 Å². The fraction of sp³-hybridized carbons (Fsp3) is 0.111. The van der Waals surface area contributed by atoms with Gasteiger partial charge in [-0.3, -0.25) is 0 Å². The van der Waals surface area contributed by atoms with Gasteiger partial charge in [0.1, 0.15) is 0 Å². The molecule has 0 aliphatic heterocycles. The summed E-state index contributed by atoms with van der Waals surface area (Å²) in [6.45, 7) is 26.1. The quantitative estimate of drug-likeness (QED) is 0.217. The number of hydrogen-bond donors (Lipinski definition) is 2. The Bertz CT molecular complexity index is 269. The Morgan fingerprint density at radius 2 is 1.00 bits per heavy atom. The Labute approximate surface area is 184 Å². The van der Waals surface area contributed by atoms with E-state index in [0.717, 1.165) is 5.92 Å². The molecule has 9 heteroatoms. The van der Waals surface area contributed by atoms with Gasteiger partial charge in [-0.1, -0.05) is 0 Å². The van der Waals surface area contributed by atoms with Crippen molar-refractivity contribution in [2.45, 2.75) is 0 Å². The van der Waals surface area contributed by atoms with Crippen molar-refractivity contribution in [1.29, 1.82) is 0 Å². The fourth-order valence-electron chi connectivity index (χ4n) is 0.999. The molecule has 0 amide bonds. The molecular weight excluding hydrogens is 434 g/mol. The average molecular weight is 449 g/mol. The van der Waals surface area contributed by atoms with Crippen molar-refractivity contribution in [3.8, 4) is 0 Å². The summed E-state index contributed by atoms with van der Waals surface area (Å²) in [5.74, 6) is 1.02. The zero-order valence-corrected chi connectivity index (χ0v) is 16.2. The van der Waals surface area contributed by atoms with Gasteiger partial charge in [-0.05, 0) is 57.8 Å². The minimum atomic E-state index is 0. The third-order valence-electron chi connectivity index (χ3n) is 1.69. The molecule has 140 valence electrons. The molecule has 2 fully saturated rings. The maximum atomic E-state index is 8.39. The summed E-state index contributed by atoms with van der Waals surface area (Å²) < 4.78 is 37.5. The second-order valence-corrected chi connectivity index (χ2v) is 2.91. The number of aliphatic hydroxyl groups excluding tert-OH is 1. The average Bonchev–Trinajstić information content (AvgIpc) is 3.47. The topological polar surface area (TPSA) is 132 Å². The maximum absolute atomic E-state index is 8.39. The largest absolute Gasteiger partial charge is 2.00 e. The van der Waals surface area contributed by atoms with Gasteiger partial charge in [-0.25, -0.2) is 0 Å². The summed E-state index contributed by atoms with van der Waals surface area (Å²) in [7, 11) is 0. The Morgan fingerprint density at radius 1 is 0.704 bits per heavy atom. The summed E-state index contributed by atoms with van der Waals surface area (Å²) in [5, 5.41) is 11.2. The van der Waals surface area contributed by atoms with Crippen molar-refractivity contribution in [1.82, 2.24) is 5.32 Å². The van der Waals surface area contributed by atoms with Gasteiger partial charge in [0.25, 0.3) is 0 Å². The van der Waals surface area contributed by atoms with Crippen LogP contribution in [0.15, 0.2) is 0 Å². The van der Waals surface area contributed by atoms with Gasteiger partial charge in [-0.15, -0.1) is 0 Å². The molecule has 0 aromatic carbocycles. The maximum Gasteiger partial charge on any atom is 2.00 e. The number of nitrogens with one attached hydrogen (secondary N) is 1. The van der Waals surface area contributed by atoms with Gasteiger partial charge in [0, 0.05) is 29.8 Å². The molecule has 2 N–H and O–H groups in total.